The maximum atomic E-state index is 11.0. The Kier molecular flexibility index (Phi) is 1.82. The Hall–Kier alpha value is -2.51. The lowest BCUT2D eigenvalue weighted by molar-refractivity contribution is -0.771. The number of hydrogen-bond donors (Lipinski definition) is 0. The van der Waals surface area contributed by atoms with Crippen LogP contribution in [0.15, 0.2) is 28.1 Å². The van der Waals surface area contributed by atoms with Gasteiger partial charge in [-0.05, 0) is 5.18 Å². The Bertz CT molecular complexity index is 561. The van der Waals surface area contributed by atoms with Crippen molar-refractivity contribution in [1.82, 2.24) is 0 Å². The molecule has 0 saturated heterocycles. The van der Waals surface area contributed by atoms with Crippen molar-refractivity contribution in [3.8, 4) is 0 Å². The van der Waals surface area contributed by atoms with Crippen LogP contribution in [0.4, 0.5) is 11.4 Å². The number of fused-ring (bicyclic) bond motifs is 1. The normalized spacial score (nSPS) is 10.4. The fraction of sp³-hybridized carbons (Fsp3) is 0. The summed E-state index contributed by atoms with van der Waals surface area (Å²) in [7, 11) is 0. The van der Waals surface area contributed by atoms with Gasteiger partial charge in [-0.15, -0.1) is 4.91 Å². The van der Waals surface area contributed by atoms with Gasteiger partial charge < -0.3 is 4.52 Å². The summed E-state index contributed by atoms with van der Waals surface area (Å²) < 4.78 is 4.42. The predicted molar refractivity (Wildman–Crippen MR) is 47.3 cm³/mol. The Labute approximate surface area is 81.4 Å². The molecule has 1 heterocycles. The van der Waals surface area contributed by atoms with Gasteiger partial charge in [0.1, 0.15) is 11.1 Å². The predicted octanol–water partition coefficient (Wildman–Crippen LogP) is 1.37. The largest absolute Gasteiger partial charge is 0.374 e. The average Bonchev–Trinajstić information content (AvgIpc) is 2.59. The summed E-state index contributed by atoms with van der Waals surface area (Å²) in [6, 6.07) is 2.09. The third-order valence-electron chi connectivity index (χ3n) is 1.89. The van der Waals surface area contributed by atoms with E-state index in [2.05, 4.69) is 9.70 Å². The molecule has 8 nitrogen and oxygen atoms in total. The first-order chi connectivity index (χ1) is 7.13. The van der Waals surface area contributed by atoms with E-state index in [9.17, 15) is 20.2 Å². The number of benzene rings is 1. The van der Waals surface area contributed by atoms with Gasteiger partial charge in [0.15, 0.2) is 0 Å². The summed E-state index contributed by atoms with van der Waals surface area (Å²) in [5.74, 6) is 0. The maximum absolute atomic E-state index is 11.0. The molecule has 15 heavy (non-hydrogen) atoms. The third-order valence-corrected chi connectivity index (χ3v) is 1.89. The molecule has 2 aromatic rings. The molecule has 1 aromatic heterocycles. The second kappa shape index (κ2) is 3.01. The van der Waals surface area contributed by atoms with E-state index in [-0.39, 0.29) is 27.2 Å². The third kappa shape index (κ3) is 1.27. The summed E-state index contributed by atoms with van der Waals surface area (Å²) in [6.07, 6.45) is 0.953. The van der Waals surface area contributed by atoms with Gasteiger partial charge in [0.2, 0.25) is 0 Å². The highest BCUT2D eigenvalue weighted by Gasteiger charge is 2.21. The second-order valence-corrected chi connectivity index (χ2v) is 2.73. The molecule has 0 unspecified atom stereocenters. The molecule has 0 spiro atoms. The van der Waals surface area contributed by atoms with E-state index in [1.54, 1.807) is 0 Å². The lowest BCUT2D eigenvalue weighted by Gasteiger charge is -1.91. The topological polar surface area (TPSA) is 113 Å². The van der Waals surface area contributed by atoms with Crippen molar-refractivity contribution in [3.05, 3.63) is 38.6 Å². The number of aromatic nitrogens is 1. The van der Waals surface area contributed by atoms with E-state index in [1.165, 1.54) is 0 Å². The van der Waals surface area contributed by atoms with Gasteiger partial charge in [0.25, 0.3) is 11.2 Å². The Morgan fingerprint density at radius 3 is 2.80 bits per heavy atom. The highest BCUT2D eigenvalue weighted by atomic mass is 16.7. The highest BCUT2D eigenvalue weighted by Crippen LogP contribution is 2.29. The van der Waals surface area contributed by atoms with Gasteiger partial charge in [-0.2, -0.15) is 0 Å². The summed E-state index contributed by atoms with van der Waals surface area (Å²) >= 11 is 0. The summed E-state index contributed by atoms with van der Waals surface area (Å²) in [6.45, 7) is 0. The molecule has 8 heteroatoms. The average molecular weight is 209 g/mol. The van der Waals surface area contributed by atoms with E-state index in [4.69, 9.17) is 0 Å². The highest BCUT2D eigenvalue weighted by molar-refractivity contribution is 5.87. The minimum absolute atomic E-state index is 0.0300. The van der Waals surface area contributed by atoms with E-state index < -0.39 is 4.92 Å². The monoisotopic (exact) mass is 209 g/mol. The Balaban J connectivity index is 2.88. The molecule has 0 N–H and O–H groups in total. The van der Waals surface area contributed by atoms with Gasteiger partial charge in [-0.3, -0.25) is 15.3 Å². The first kappa shape index (κ1) is 9.06. The van der Waals surface area contributed by atoms with E-state index in [0.29, 0.717) is 0 Å². The van der Waals surface area contributed by atoms with E-state index in [0.717, 1.165) is 18.4 Å². The molecular formula is C7H3N3O5. The zero-order valence-corrected chi connectivity index (χ0v) is 7.11. The quantitative estimate of drug-likeness (QED) is 0.320. The van der Waals surface area contributed by atoms with E-state index >= 15 is 0 Å². The van der Waals surface area contributed by atoms with Crippen LogP contribution in [0.1, 0.15) is 0 Å². The van der Waals surface area contributed by atoms with Gasteiger partial charge in [-0.25, -0.2) is 0 Å². The number of rotatable bonds is 2. The zero-order chi connectivity index (χ0) is 11.0. The van der Waals surface area contributed by atoms with Crippen molar-refractivity contribution < 1.29 is 14.3 Å². The number of non-ortho nitro benzene ring substituents is 1. The van der Waals surface area contributed by atoms with Crippen molar-refractivity contribution in [3.63, 3.8) is 0 Å². The van der Waals surface area contributed by atoms with Crippen LogP contribution in [0.2, 0.25) is 0 Å². The first-order valence-electron chi connectivity index (χ1n) is 3.76. The van der Waals surface area contributed by atoms with Gasteiger partial charge >= 0.3 is 0 Å². The van der Waals surface area contributed by atoms with Crippen LogP contribution in [0.5, 0.6) is 0 Å². The molecule has 1 aromatic carbocycles. The number of nitroso groups, excluding NO2 is 1. The minimum Gasteiger partial charge on any atom is -0.374 e. The minimum atomic E-state index is -0.716. The molecule has 2 rings (SSSR count). The molecule has 0 atom stereocenters. The maximum Gasteiger partial charge on any atom is 0.286 e. The van der Waals surface area contributed by atoms with Crippen molar-refractivity contribution in [2.45, 2.75) is 0 Å². The molecule has 0 saturated carbocycles. The fourth-order valence-electron chi connectivity index (χ4n) is 1.24. The van der Waals surface area contributed by atoms with E-state index in [1.807, 2.05) is 0 Å². The standard InChI is InChI=1S/C7H3N3O5/c11-8-4-1-6(9(12)13)5-3-15-10(14)7(5)2-4/h1-3H. The van der Waals surface area contributed by atoms with Crippen LogP contribution in [0.3, 0.4) is 0 Å². The molecule has 76 valence electrons. The smallest absolute Gasteiger partial charge is 0.286 e. The lowest BCUT2D eigenvalue weighted by Crippen LogP contribution is -2.22. The molecule has 0 radical (unpaired) electrons. The summed E-state index contributed by atoms with van der Waals surface area (Å²) in [5, 5.41) is 24.2. The molecule has 0 bridgehead atoms. The van der Waals surface area contributed by atoms with Crippen molar-refractivity contribution in [1.29, 1.82) is 0 Å². The number of hydrogen-bond acceptors (Lipinski definition) is 6. The molecule has 0 aliphatic heterocycles. The van der Waals surface area contributed by atoms with Crippen LogP contribution >= 0.6 is 0 Å². The fourth-order valence-corrected chi connectivity index (χ4v) is 1.24. The SMILES string of the molecule is O=Nc1cc([N+](=O)[O-])c2co[n+]([O-])c2c1. The summed E-state index contributed by atoms with van der Waals surface area (Å²) in [4.78, 5) is 20.2. The van der Waals surface area contributed by atoms with Crippen LogP contribution in [-0.4, -0.2) is 4.92 Å². The first-order valence-corrected chi connectivity index (χ1v) is 3.76. The van der Waals surface area contributed by atoms with Crippen LogP contribution in [-0.2, 0) is 0 Å². The van der Waals surface area contributed by atoms with Crippen molar-refractivity contribution in [2.75, 3.05) is 0 Å². The number of nitro groups is 1. The molecule has 0 aliphatic rings. The van der Waals surface area contributed by atoms with Crippen LogP contribution in [0.25, 0.3) is 10.9 Å². The Morgan fingerprint density at radius 2 is 2.20 bits per heavy atom. The molecule has 0 aliphatic carbocycles. The van der Waals surface area contributed by atoms with Crippen molar-refractivity contribution >= 4 is 22.3 Å². The van der Waals surface area contributed by atoms with Gasteiger partial charge in [0, 0.05) is 12.1 Å². The van der Waals surface area contributed by atoms with Crippen LogP contribution < -0.4 is 4.90 Å². The molecule has 0 amide bonds. The number of nitro benzene ring substituents is 1. The van der Waals surface area contributed by atoms with Crippen LogP contribution in [0, 0.1) is 20.2 Å². The Morgan fingerprint density at radius 1 is 1.47 bits per heavy atom. The second-order valence-electron chi connectivity index (χ2n) is 2.73. The van der Waals surface area contributed by atoms with Gasteiger partial charge in [0.05, 0.1) is 16.1 Å². The summed E-state index contributed by atoms with van der Waals surface area (Å²) in [5.41, 5.74) is -0.681. The molecular weight excluding hydrogens is 206 g/mol. The van der Waals surface area contributed by atoms with Crippen molar-refractivity contribution in [2.24, 2.45) is 5.18 Å². The lowest BCUT2D eigenvalue weighted by atomic mass is 10.2. The van der Waals surface area contributed by atoms with Gasteiger partial charge in [-0.1, -0.05) is 0 Å². The number of nitrogens with zero attached hydrogens (tertiary/aromatic N) is 3. The molecule has 0 fully saturated rings. The zero-order valence-electron chi connectivity index (χ0n) is 7.11.